The SMILES string of the molecule is COc1cc(C)c(C2(O)CC3CCCC(C2)N3C)cc1C. The van der Waals surface area contributed by atoms with E-state index in [9.17, 15) is 5.11 Å². The summed E-state index contributed by atoms with van der Waals surface area (Å²) in [6.45, 7) is 4.14. The summed E-state index contributed by atoms with van der Waals surface area (Å²) in [4.78, 5) is 2.49. The van der Waals surface area contributed by atoms with Crippen LogP contribution in [0.25, 0.3) is 0 Å². The molecule has 3 nitrogen and oxygen atoms in total. The van der Waals surface area contributed by atoms with Gasteiger partial charge in [-0.1, -0.05) is 6.42 Å². The highest BCUT2D eigenvalue weighted by Gasteiger charge is 2.45. The molecule has 3 rings (SSSR count). The fourth-order valence-electron chi connectivity index (χ4n) is 4.38. The minimum atomic E-state index is -0.677. The third-order valence-corrected chi connectivity index (χ3v) is 5.62. The summed E-state index contributed by atoms with van der Waals surface area (Å²) in [7, 11) is 3.93. The van der Waals surface area contributed by atoms with E-state index in [1.807, 2.05) is 0 Å². The van der Waals surface area contributed by atoms with Crippen molar-refractivity contribution in [3.63, 3.8) is 0 Å². The van der Waals surface area contributed by atoms with Gasteiger partial charge >= 0.3 is 0 Å². The smallest absolute Gasteiger partial charge is 0.122 e. The van der Waals surface area contributed by atoms with E-state index >= 15 is 0 Å². The van der Waals surface area contributed by atoms with E-state index < -0.39 is 5.60 Å². The van der Waals surface area contributed by atoms with Gasteiger partial charge in [0.1, 0.15) is 5.75 Å². The zero-order valence-corrected chi connectivity index (χ0v) is 13.6. The number of aliphatic hydroxyl groups is 1. The summed E-state index contributed by atoms with van der Waals surface area (Å²) in [5.74, 6) is 0.910. The second-order valence-electron chi connectivity index (χ2n) is 6.98. The van der Waals surface area contributed by atoms with Crippen LogP contribution >= 0.6 is 0 Å². The van der Waals surface area contributed by atoms with Gasteiger partial charge in [-0.25, -0.2) is 0 Å². The normalized spacial score (nSPS) is 33.0. The molecule has 0 aliphatic carbocycles. The second kappa shape index (κ2) is 5.29. The number of nitrogens with zero attached hydrogens (tertiary/aromatic N) is 1. The van der Waals surface area contributed by atoms with Crippen LogP contribution < -0.4 is 4.74 Å². The van der Waals surface area contributed by atoms with Gasteiger partial charge in [0, 0.05) is 12.1 Å². The summed E-state index contributed by atoms with van der Waals surface area (Å²) in [6.07, 6.45) is 5.43. The largest absolute Gasteiger partial charge is 0.496 e. The Morgan fingerprint density at radius 2 is 1.76 bits per heavy atom. The fourth-order valence-corrected chi connectivity index (χ4v) is 4.38. The molecule has 2 heterocycles. The summed E-state index contributed by atoms with van der Waals surface area (Å²) >= 11 is 0. The molecule has 3 heteroatoms. The first-order chi connectivity index (χ1) is 9.94. The molecule has 0 spiro atoms. The molecule has 2 bridgehead atoms. The van der Waals surface area contributed by atoms with Crippen molar-refractivity contribution >= 4 is 0 Å². The van der Waals surface area contributed by atoms with Crippen LogP contribution in [-0.4, -0.2) is 36.2 Å². The maximum atomic E-state index is 11.4. The molecule has 0 radical (unpaired) electrons. The third-order valence-electron chi connectivity index (χ3n) is 5.62. The van der Waals surface area contributed by atoms with Crippen molar-refractivity contribution in [2.75, 3.05) is 14.2 Å². The Bertz CT molecular complexity index is 526. The molecule has 0 amide bonds. The van der Waals surface area contributed by atoms with E-state index in [0.717, 1.165) is 35.3 Å². The quantitative estimate of drug-likeness (QED) is 0.908. The zero-order valence-electron chi connectivity index (χ0n) is 13.6. The molecule has 2 aliphatic rings. The Kier molecular flexibility index (Phi) is 3.74. The molecule has 1 N–H and O–H groups in total. The first-order valence-corrected chi connectivity index (χ1v) is 8.04. The van der Waals surface area contributed by atoms with Gasteiger partial charge < -0.3 is 14.7 Å². The Morgan fingerprint density at radius 3 is 2.33 bits per heavy atom. The number of ether oxygens (including phenoxy) is 1. The van der Waals surface area contributed by atoms with Crippen LogP contribution in [0.2, 0.25) is 0 Å². The molecule has 116 valence electrons. The number of methoxy groups -OCH3 is 1. The molecule has 0 aromatic heterocycles. The van der Waals surface area contributed by atoms with Gasteiger partial charge in [0.15, 0.2) is 0 Å². The van der Waals surface area contributed by atoms with Crippen LogP contribution in [0.1, 0.15) is 48.8 Å². The van der Waals surface area contributed by atoms with E-state index in [1.165, 1.54) is 19.3 Å². The predicted octanol–water partition coefficient (Wildman–Crippen LogP) is 3.15. The van der Waals surface area contributed by atoms with Crippen LogP contribution in [0.15, 0.2) is 12.1 Å². The molecule has 1 aromatic carbocycles. The van der Waals surface area contributed by atoms with Gasteiger partial charge in [-0.3, -0.25) is 0 Å². The molecule has 1 aromatic rings. The standard InChI is InChI=1S/C18H27NO2/c1-12-9-17(21-4)13(2)8-16(12)18(20)10-14-6-5-7-15(11-18)19(14)3/h8-9,14-15,20H,5-7,10-11H2,1-4H3. The highest BCUT2D eigenvalue weighted by molar-refractivity contribution is 5.44. The summed E-state index contributed by atoms with van der Waals surface area (Å²) in [6, 6.07) is 5.24. The molecule has 2 unspecified atom stereocenters. The van der Waals surface area contributed by atoms with Gasteiger partial charge in [0.2, 0.25) is 0 Å². The second-order valence-corrected chi connectivity index (χ2v) is 6.98. The summed E-state index contributed by atoms with van der Waals surface area (Å²) < 4.78 is 5.40. The van der Waals surface area contributed by atoms with E-state index in [4.69, 9.17) is 4.74 Å². The van der Waals surface area contributed by atoms with Crippen molar-refractivity contribution in [2.24, 2.45) is 0 Å². The lowest BCUT2D eigenvalue weighted by molar-refractivity contribution is -0.0878. The number of rotatable bonds is 2. The van der Waals surface area contributed by atoms with Crippen molar-refractivity contribution in [1.82, 2.24) is 4.90 Å². The van der Waals surface area contributed by atoms with Crippen molar-refractivity contribution < 1.29 is 9.84 Å². The number of hydrogen-bond acceptors (Lipinski definition) is 3. The lowest BCUT2D eigenvalue weighted by Crippen LogP contribution is -2.55. The first kappa shape index (κ1) is 14.9. The Balaban J connectivity index is 1.98. The topological polar surface area (TPSA) is 32.7 Å². The molecule has 2 saturated heterocycles. The zero-order chi connectivity index (χ0) is 15.2. The average molecular weight is 289 g/mol. The number of fused-ring (bicyclic) bond motifs is 2. The molecule has 2 fully saturated rings. The number of benzene rings is 1. The summed E-state index contributed by atoms with van der Waals surface area (Å²) in [5.41, 5.74) is 2.67. The van der Waals surface area contributed by atoms with Gasteiger partial charge in [0.05, 0.1) is 12.7 Å². The Hall–Kier alpha value is -1.06. The van der Waals surface area contributed by atoms with Crippen molar-refractivity contribution in [2.45, 2.75) is 63.6 Å². The Morgan fingerprint density at radius 1 is 1.14 bits per heavy atom. The molecule has 0 saturated carbocycles. The number of hydrogen-bond donors (Lipinski definition) is 1. The maximum Gasteiger partial charge on any atom is 0.122 e. The lowest BCUT2D eigenvalue weighted by Gasteiger charge is -2.51. The first-order valence-electron chi connectivity index (χ1n) is 8.04. The van der Waals surface area contributed by atoms with Crippen LogP contribution in [0.5, 0.6) is 5.75 Å². The lowest BCUT2D eigenvalue weighted by atomic mass is 9.71. The fraction of sp³-hybridized carbons (Fsp3) is 0.667. The van der Waals surface area contributed by atoms with E-state index in [1.54, 1.807) is 7.11 Å². The highest BCUT2D eigenvalue weighted by atomic mass is 16.5. The number of aryl methyl sites for hydroxylation is 2. The average Bonchev–Trinajstić information content (AvgIpc) is 2.43. The van der Waals surface area contributed by atoms with Crippen LogP contribution in [0, 0.1) is 13.8 Å². The monoisotopic (exact) mass is 289 g/mol. The van der Waals surface area contributed by atoms with E-state index in [0.29, 0.717) is 12.1 Å². The molecular weight excluding hydrogens is 262 g/mol. The molecule has 2 aliphatic heterocycles. The highest BCUT2D eigenvalue weighted by Crippen LogP contribution is 2.45. The predicted molar refractivity (Wildman–Crippen MR) is 84.8 cm³/mol. The Labute approximate surface area is 127 Å². The van der Waals surface area contributed by atoms with Crippen LogP contribution in [-0.2, 0) is 5.60 Å². The van der Waals surface area contributed by atoms with Crippen LogP contribution in [0.4, 0.5) is 0 Å². The van der Waals surface area contributed by atoms with E-state index in [-0.39, 0.29) is 0 Å². The van der Waals surface area contributed by atoms with Crippen molar-refractivity contribution in [3.05, 3.63) is 28.8 Å². The third kappa shape index (κ3) is 2.47. The van der Waals surface area contributed by atoms with Gasteiger partial charge in [-0.2, -0.15) is 0 Å². The molecule has 2 atom stereocenters. The molecule has 21 heavy (non-hydrogen) atoms. The minimum Gasteiger partial charge on any atom is -0.496 e. The molecular formula is C18H27NO2. The number of piperidine rings is 2. The van der Waals surface area contributed by atoms with Crippen molar-refractivity contribution in [3.8, 4) is 5.75 Å². The summed E-state index contributed by atoms with van der Waals surface area (Å²) in [5, 5.41) is 11.4. The van der Waals surface area contributed by atoms with Crippen LogP contribution in [0.3, 0.4) is 0 Å². The van der Waals surface area contributed by atoms with Crippen molar-refractivity contribution in [1.29, 1.82) is 0 Å². The van der Waals surface area contributed by atoms with Gasteiger partial charge in [-0.15, -0.1) is 0 Å². The van der Waals surface area contributed by atoms with Gasteiger partial charge in [0.25, 0.3) is 0 Å². The van der Waals surface area contributed by atoms with E-state index in [2.05, 4.69) is 37.9 Å². The van der Waals surface area contributed by atoms with Gasteiger partial charge in [-0.05, 0) is 75.4 Å². The minimum absolute atomic E-state index is 0.518. The maximum absolute atomic E-state index is 11.4.